The molecule has 1 aliphatic heterocycles. The lowest BCUT2D eigenvalue weighted by Crippen LogP contribution is -2.47. The van der Waals surface area contributed by atoms with E-state index >= 15 is 0 Å². The average molecular weight is 358 g/mol. The Morgan fingerprint density at radius 1 is 1.08 bits per heavy atom. The number of halogens is 1. The monoisotopic (exact) mass is 358 g/mol. The summed E-state index contributed by atoms with van der Waals surface area (Å²) in [5.74, 6) is 0.459. The van der Waals surface area contributed by atoms with Gasteiger partial charge in [0.15, 0.2) is 0 Å². The van der Waals surface area contributed by atoms with E-state index in [1.165, 1.54) is 24.3 Å². The second-order valence-electron chi connectivity index (χ2n) is 6.12. The predicted octanol–water partition coefficient (Wildman–Crippen LogP) is 1.95. The molecule has 0 bridgehead atoms. The summed E-state index contributed by atoms with van der Waals surface area (Å²) in [5.41, 5.74) is 0.572. The van der Waals surface area contributed by atoms with E-state index in [0.29, 0.717) is 12.2 Å². The molecule has 1 fully saturated rings. The van der Waals surface area contributed by atoms with Crippen molar-refractivity contribution in [3.63, 3.8) is 0 Å². The Morgan fingerprint density at radius 3 is 2.46 bits per heavy atom. The Hall–Kier alpha value is -2.74. The predicted molar refractivity (Wildman–Crippen MR) is 98.7 cm³/mol. The highest BCUT2D eigenvalue weighted by molar-refractivity contribution is 5.89. The van der Waals surface area contributed by atoms with E-state index in [-0.39, 0.29) is 11.8 Å². The number of piperazine rings is 1. The highest BCUT2D eigenvalue weighted by atomic mass is 19.1. The van der Waals surface area contributed by atoms with Crippen LogP contribution in [-0.2, 0) is 0 Å². The summed E-state index contributed by atoms with van der Waals surface area (Å²) >= 11 is 0. The van der Waals surface area contributed by atoms with Crippen LogP contribution >= 0.6 is 0 Å². The molecule has 0 spiro atoms. The van der Waals surface area contributed by atoms with Gasteiger partial charge in [0.2, 0.25) is 5.95 Å². The van der Waals surface area contributed by atoms with Gasteiger partial charge in [-0.3, -0.25) is 4.90 Å². The number of nitrogens with one attached hydrogen (secondary N) is 2. The van der Waals surface area contributed by atoms with Crippen molar-refractivity contribution < 1.29 is 9.18 Å². The van der Waals surface area contributed by atoms with Crippen molar-refractivity contribution in [1.82, 2.24) is 20.2 Å². The first kappa shape index (κ1) is 18.1. The number of hydrogen-bond donors (Lipinski definition) is 2. The molecule has 1 aromatic carbocycles. The summed E-state index contributed by atoms with van der Waals surface area (Å²) in [5, 5.41) is 5.50. The SMILES string of the molecule is O=C(NCCCN1CCN(c2ncccn2)CC1)Nc1ccc(F)cc1. The summed E-state index contributed by atoms with van der Waals surface area (Å²) in [6.45, 7) is 5.25. The molecule has 26 heavy (non-hydrogen) atoms. The summed E-state index contributed by atoms with van der Waals surface area (Å²) < 4.78 is 12.8. The molecule has 2 heterocycles. The number of rotatable bonds is 6. The van der Waals surface area contributed by atoms with Crippen molar-refractivity contribution in [2.45, 2.75) is 6.42 Å². The minimum absolute atomic E-state index is 0.275. The van der Waals surface area contributed by atoms with E-state index in [9.17, 15) is 9.18 Å². The third kappa shape index (κ3) is 5.38. The molecule has 138 valence electrons. The van der Waals surface area contributed by atoms with Gasteiger partial charge in [0, 0.05) is 50.8 Å². The zero-order valence-corrected chi connectivity index (χ0v) is 14.6. The van der Waals surface area contributed by atoms with Crippen LogP contribution in [0, 0.1) is 5.82 Å². The number of amides is 2. The number of benzene rings is 1. The van der Waals surface area contributed by atoms with Crippen molar-refractivity contribution in [3.05, 3.63) is 48.5 Å². The molecule has 1 aliphatic rings. The molecule has 2 N–H and O–H groups in total. The van der Waals surface area contributed by atoms with E-state index in [1.54, 1.807) is 12.4 Å². The summed E-state index contributed by atoms with van der Waals surface area (Å²) in [6.07, 6.45) is 4.40. The van der Waals surface area contributed by atoms with E-state index in [1.807, 2.05) is 6.07 Å². The maximum Gasteiger partial charge on any atom is 0.319 e. The minimum Gasteiger partial charge on any atom is -0.338 e. The lowest BCUT2D eigenvalue weighted by molar-refractivity contribution is 0.244. The van der Waals surface area contributed by atoms with Crippen molar-refractivity contribution in [3.8, 4) is 0 Å². The third-order valence-corrected chi connectivity index (χ3v) is 4.25. The van der Waals surface area contributed by atoms with Crippen LogP contribution in [-0.4, -0.2) is 60.2 Å². The molecule has 3 rings (SSSR count). The third-order valence-electron chi connectivity index (χ3n) is 4.25. The number of carbonyl (C=O) groups is 1. The van der Waals surface area contributed by atoms with E-state index in [4.69, 9.17) is 0 Å². The molecule has 0 aliphatic carbocycles. The van der Waals surface area contributed by atoms with Gasteiger partial charge < -0.3 is 15.5 Å². The van der Waals surface area contributed by atoms with Gasteiger partial charge in [0.05, 0.1) is 0 Å². The standard InChI is InChI=1S/C18H23FN6O/c19-15-3-5-16(6-4-15)23-18(26)22-9-2-10-24-11-13-25(14-12-24)17-20-7-1-8-21-17/h1,3-8H,2,9-14H2,(H2,22,23,26). The first-order chi connectivity index (χ1) is 12.7. The van der Waals surface area contributed by atoms with Gasteiger partial charge in [-0.25, -0.2) is 19.2 Å². The maximum atomic E-state index is 12.8. The second-order valence-corrected chi connectivity index (χ2v) is 6.12. The Balaban J connectivity index is 1.30. The number of nitrogens with zero attached hydrogens (tertiary/aromatic N) is 4. The van der Waals surface area contributed by atoms with Crippen LogP contribution < -0.4 is 15.5 Å². The van der Waals surface area contributed by atoms with E-state index < -0.39 is 0 Å². The molecule has 0 radical (unpaired) electrons. The Morgan fingerprint density at radius 2 is 1.77 bits per heavy atom. The molecular weight excluding hydrogens is 335 g/mol. The zero-order valence-electron chi connectivity index (χ0n) is 14.6. The van der Waals surface area contributed by atoms with Crippen LogP contribution in [0.2, 0.25) is 0 Å². The molecule has 0 saturated carbocycles. The van der Waals surface area contributed by atoms with Crippen molar-refractivity contribution >= 4 is 17.7 Å². The van der Waals surface area contributed by atoms with Crippen LogP contribution in [0.1, 0.15) is 6.42 Å². The van der Waals surface area contributed by atoms with Crippen LogP contribution in [0.4, 0.5) is 20.8 Å². The summed E-state index contributed by atoms with van der Waals surface area (Å²) in [6, 6.07) is 7.24. The van der Waals surface area contributed by atoms with Gasteiger partial charge in [0.1, 0.15) is 5.82 Å². The number of anilines is 2. The molecule has 1 saturated heterocycles. The normalized spacial score (nSPS) is 14.9. The number of hydrogen-bond acceptors (Lipinski definition) is 5. The van der Waals surface area contributed by atoms with Crippen LogP contribution in [0.25, 0.3) is 0 Å². The molecule has 0 unspecified atom stereocenters. The average Bonchev–Trinajstić information content (AvgIpc) is 2.68. The highest BCUT2D eigenvalue weighted by Gasteiger charge is 2.18. The zero-order chi connectivity index (χ0) is 18.2. The quantitative estimate of drug-likeness (QED) is 0.772. The number of carbonyl (C=O) groups excluding carboxylic acids is 1. The summed E-state index contributed by atoms with van der Waals surface area (Å²) in [7, 11) is 0. The first-order valence-corrected chi connectivity index (χ1v) is 8.75. The lowest BCUT2D eigenvalue weighted by atomic mass is 10.3. The first-order valence-electron chi connectivity index (χ1n) is 8.75. The van der Waals surface area contributed by atoms with E-state index in [0.717, 1.165) is 45.1 Å². The van der Waals surface area contributed by atoms with Gasteiger partial charge in [-0.05, 0) is 43.3 Å². The highest BCUT2D eigenvalue weighted by Crippen LogP contribution is 2.10. The Kier molecular flexibility index (Phi) is 6.32. The van der Waals surface area contributed by atoms with Gasteiger partial charge in [-0.2, -0.15) is 0 Å². The largest absolute Gasteiger partial charge is 0.338 e. The fraction of sp³-hybridized carbons (Fsp3) is 0.389. The maximum absolute atomic E-state index is 12.8. The van der Waals surface area contributed by atoms with E-state index in [2.05, 4.69) is 30.4 Å². The molecular formula is C18H23FN6O. The minimum atomic E-state index is -0.324. The Labute approximate surface area is 152 Å². The van der Waals surface area contributed by atoms with Crippen LogP contribution in [0.5, 0.6) is 0 Å². The van der Waals surface area contributed by atoms with Gasteiger partial charge in [-0.15, -0.1) is 0 Å². The molecule has 7 nitrogen and oxygen atoms in total. The van der Waals surface area contributed by atoms with Crippen LogP contribution in [0.15, 0.2) is 42.7 Å². The molecule has 1 aromatic heterocycles. The topological polar surface area (TPSA) is 73.4 Å². The van der Waals surface area contributed by atoms with Crippen molar-refractivity contribution in [2.75, 3.05) is 49.5 Å². The molecule has 2 aromatic rings. The molecule has 0 atom stereocenters. The smallest absolute Gasteiger partial charge is 0.319 e. The lowest BCUT2D eigenvalue weighted by Gasteiger charge is -2.34. The molecule has 2 amide bonds. The Bertz CT molecular complexity index is 689. The fourth-order valence-electron chi connectivity index (χ4n) is 2.84. The van der Waals surface area contributed by atoms with Gasteiger partial charge >= 0.3 is 6.03 Å². The van der Waals surface area contributed by atoms with Crippen molar-refractivity contribution in [2.24, 2.45) is 0 Å². The van der Waals surface area contributed by atoms with Crippen molar-refractivity contribution in [1.29, 1.82) is 0 Å². The van der Waals surface area contributed by atoms with Gasteiger partial charge in [-0.1, -0.05) is 0 Å². The van der Waals surface area contributed by atoms with Gasteiger partial charge in [0.25, 0.3) is 0 Å². The fourth-order valence-corrected chi connectivity index (χ4v) is 2.84. The second kappa shape index (κ2) is 9.10. The summed E-state index contributed by atoms with van der Waals surface area (Å²) in [4.78, 5) is 24.9. The number of aromatic nitrogens is 2. The van der Waals surface area contributed by atoms with Crippen LogP contribution in [0.3, 0.4) is 0 Å². The number of urea groups is 1. The molecule has 8 heteroatoms.